The number of anilines is 1. The van der Waals surface area contributed by atoms with E-state index in [0.717, 1.165) is 12.8 Å². The minimum Gasteiger partial charge on any atom is -0.409 e. The van der Waals surface area contributed by atoms with Gasteiger partial charge in [0.1, 0.15) is 5.92 Å². The summed E-state index contributed by atoms with van der Waals surface area (Å²) in [7, 11) is 0. The molecule has 0 saturated carbocycles. The minimum absolute atomic E-state index is 0.0507. The second-order valence-electron chi connectivity index (χ2n) is 5.18. The molecule has 0 heterocycles. The van der Waals surface area contributed by atoms with Gasteiger partial charge in [-0.25, -0.2) is 0 Å². The first-order valence-electron chi connectivity index (χ1n) is 6.86. The van der Waals surface area contributed by atoms with Gasteiger partial charge in [-0.3, -0.25) is 4.79 Å². The third-order valence-electron chi connectivity index (χ3n) is 3.14. The van der Waals surface area contributed by atoms with Gasteiger partial charge < -0.3 is 16.3 Å². The Morgan fingerprint density at radius 3 is 2.40 bits per heavy atom. The maximum atomic E-state index is 12.2. The number of rotatable bonds is 6. The normalized spacial score (nSPS) is 13.3. The summed E-state index contributed by atoms with van der Waals surface area (Å²) in [6.07, 6.45) is 2.11. The van der Waals surface area contributed by atoms with Crippen molar-refractivity contribution in [3.63, 3.8) is 0 Å². The summed E-state index contributed by atoms with van der Waals surface area (Å²) >= 11 is 0. The zero-order chi connectivity index (χ0) is 15.1. The van der Waals surface area contributed by atoms with Crippen molar-refractivity contribution in [1.29, 1.82) is 0 Å². The first-order valence-corrected chi connectivity index (χ1v) is 6.86. The maximum absolute atomic E-state index is 12.2. The SMILES string of the molecule is CCCc1ccc(NC(=O)C(C(N)=NO)C(C)C)cc1. The lowest BCUT2D eigenvalue weighted by molar-refractivity contribution is -0.119. The van der Waals surface area contributed by atoms with Gasteiger partial charge in [-0.1, -0.05) is 44.5 Å². The monoisotopic (exact) mass is 277 g/mol. The molecule has 0 saturated heterocycles. The highest BCUT2D eigenvalue weighted by atomic mass is 16.4. The number of nitrogens with two attached hydrogens (primary N) is 1. The van der Waals surface area contributed by atoms with Crippen LogP contribution in [0.2, 0.25) is 0 Å². The van der Waals surface area contributed by atoms with Crippen molar-refractivity contribution in [2.75, 3.05) is 5.32 Å². The molecule has 0 aliphatic carbocycles. The number of nitrogens with one attached hydrogen (secondary N) is 1. The highest BCUT2D eigenvalue weighted by Gasteiger charge is 2.26. The number of aryl methyl sites for hydroxylation is 1. The second kappa shape index (κ2) is 7.53. The van der Waals surface area contributed by atoms with Gasteiger partial charge in [0.25, 0.3) is 0 Å². The molecule has 5 heteroatoms. The molecule has 0 fully saturated rings. The third kappa shape index (κ3) is 4.26. The van der Waals surface area contributed by atoms with Crippen LogP contribution >= 0.6 is 0 Å². The van der Waals surface area contributed by atoms with Crippen LogP contribution in [-0.4, -0.2) is 17.0 Å². The second-order valence-corrected chi connectivity index (χ2v) is 5.18. The number of carbonyl (C=O) groups excluding carboxylic acids is 1. The smallest absolute Gasteiger partial charge is 0.235 e. The topological polar surface area (TPSA) is 87.7 Å². The Labute approximate surface area is 119 Å². The van der Waals surface area contributed by atoms with E-state index < -0.39 is 5.92 Å². The van der Waals surface area contributed by atoms with Crippen LogP contribution in [-0.2, 0) is 11.2 Å². The quantitative estimate of drug-likeness (QED) is 0.323. The predicted molar refractivity (Wildman–Crippen MR) is 80.8 cm³/mol. The van der Waals surface area contributed by atoms with Crippen LogP contribution in [0.5, 0.6) is 0 Å². The van der Waals surface area contributed by atoms with Crippen LogP contribution < -0.4 is 11.1 Å². The Balaban J connectivity index is 2.78. The molecule has 1 unspecified atom stereocenters. The van der Waals surface area contributed by atoms with E-state index >= 15 is 0 Å². The Hall–Kier alpha value is -2.04. The van der Waals surface area contributed by atoms with Crippen molar-refractivity contribution in [2.45, 2.75) is 33.6 Å². The number of hydrogen-bond acceptors (Lipinski definition) is 3. The Morgan fingerprint density at radius 1 is 1.35 bits per heavy atom. The molecule has 0 bridgehead atoms. The molecule has 110 valence electrons. The average molecular weight is 277 g/mol. The standard InChI is InChI=1S/C15H23N3O2/c1-4-5-11-6-8-12(9-7-11)17-15(19)13(10(2)3)14(16)18-20/h6-10,13,20H,4-5H2,1-3H3,(H2,16,18)(H,17,19). The van der Waals surface area contributed by atoms with Gasteiger partial charge in [0, 0.05) is 5.69 Å². The molecule has 1 aromatic rings. The molecule has 0 radical (unpaired) electrons. The molecular formula is C15H23N3O2. The van der Waals surface area contributed by atoms with Crippen molar-refractivity contribution in [1.82, 2.24) is 0 Å². The van der Waals surface area contributed by atoms with Crippen molar-refractivity contribution < 1.29 is 10.0 Å². The molecule has 1 aromatic carbocycles. The zero-order valence-electron chi connectivity index (χ0n) is 12.3. The number of amidine groups is 1. The number of carbonyl (C=O) groups is 1. The van der Waals surface area contributed by atoms with E-state index in [1.807, 2.05) is 38.1 Å². The molecular weight excluding hydrogens is 254 g/mol. The van der Waals surface area contributed by atoms with E-state index in [1.165, 1.54) is 5.56 Å². The fraction of sp³-hybridized carbons (Fsp3) is 0.467. The van der Waals surface area contributed by atoms with Gasteiger partial charge in [0.2, 0.25) is 5.91 Å². The van der Waals surface area contributed by atoms with Crippen molar-refractivity contribution >= 4 is 17.4 Å². The number of hydrogen-bond donors (Lipinski definition) is 3. The molecule has 0 aliphatic heterocycles. The molecule has 0 spiro atoms. The van der Waals surface area contributed by atoms with Crippen molar-refractivity contribution in [3.8, 4) is 0 Å². The maximum Gasteiger partial charge on any atom is 0.235 e. The van der Waals surface area contributed by atoms with Gasteiger partial charge in [0.05, 0.1) is 0 Å². The zero-order valence-corrected chi connectivity index (χ0v) is 12.3. The summed E-state index contributed by atoms with van der Waals surface area (Å²) < 4.78 is 0. The lowest BCUT2D eigenvalue weighted by Crippen LogP contribution is -2.38. The predicted octanol–water partition coefficient (Wildman–Crippen LogP) is 2.60. The summed E-state index contributed by atoms with van der Waals surface area (Å²) in [5.41, 5.74) is 7.53. The number of nitrogens with zero attached hydrogens (tertiary/aromatic N) is 1. The van der Waals surface area contributed by atoms with E-state index in [-0.39, 0.29) is 17.7 Å². The minimum atomic E-state index is -0.643. The number of benzene rings is 1. The van der Waals surface area contributed by atoms with E-state index in [2.05, 4.69) is 17.4 Å². The van der Waals surface area contributed by atoms with E-state index in [0.29, 0.717) is 5.69 Å². The molecule has 1 atom stereocenters. The van der Waals surface area contributed by atoms with E-state index in [9.17, 15) is 4.79 Å². The molecule has 20 heavy (non-hydrogen) atoms. The summed E-state index contributed by atoms with van der Waals surface area (Å²) in [4.78, 5) is 12.2. The lowest BCUT2D eigenvalue weighted by atomic mass is 9.93. The highest BCUT2D eigenvalue weighted by Crippen LogP contribution is 2.16. The van der Waals surface area contributed by atoms with Gasteiger partial charge >= 0.3 is 0 Å². The summed E-state index contributed by atoms with van der Waals surface area (Å²) in [5, 5.41) is 14.5. The van der Waals surface area contributed by atoms with Gasteiger partial charge in [-0.15, -0.1) is 0 Å². The summed E-state index contributed by atoms with van der Waals surface area (Å²) in [6.45, 7) is 5.83. The van der Waals surface area contributed by atoms with Crippen LogP contribution in [0.25, 0.3) is 0 Å². The molecule has 5 nitrogen and oxygen atoms in total. The fourth-order valence-electron chi connectivity index (χ4n) is 2.10. The van der Waals surface area contributed by atoms with E-state index in [4.69, 9.17) is 10.9 Å². The molecule has 1 rings (SSSR count). The van der Waals surface area contributed by atoms with Crippen LogP contribution in [0, 0.1) is 11.8 Å². The summed E-state index contributed by atoms with van der Waals surface area (Å²) in [6, 6.07) is 7.72. The van der Waals surface area contributed by atoms with Gasteiger partial charge in [0.15, 0.2) is 5.84 Å². The lowest BCUT2D eigenvalue weighted by Gasteiger charge is -2.18. The van der Waals surface area contributed by atoms with Gasteiger partial charge in [-0.2, -0.15) is 0 Å². The molecule has 4 N–H and O–H groups in total. The van der Waals surface area contributed by atoms with Gasteiger partial charge in [-0.05, 0) is 30.0 Å². The number of oxime groups is 1. The highest BCUT2D eigenvalue weighted by molar-refractivity contribution is 6.07. The first kappa shape index (κ1) is 16.0. The molecule has 0 aliphatic rings. The Bertz CT molecular complexity index is 467. The van der Waals surface area contributed by atoms with E-state index in [1.54, 1.807) is 0 Å². The Morgan fingerprint density at radius 2 is 1.95 bits per heavy atom. The fourth-order valence-corrected chi connectivity index (χ4v) is 2.10. The third-order valence-corrected chi connectivity index (χ3v) is 3.14. The summed E-state index contributed by atoms with van der Waals surface area (Å²) in [5.74, 6) is -1.03. The largest absolute Gasteiger partial charge is 0.409 e. The van der Waals surface area contributed by atoms with Crippen LogP contribution in [0.1, 0.15) is 32.8 Å². The van der Waals surface area contributed by atoms with Crippen LogP contribution in [0.3, 0.4) is 0 Å². The van der Waals surface area contributed by atoms with Crippen molar-refractivity contribution in [2.24, 2.45) is 22.7 Å². The first-order chi connectivity index (χ1) is 9.49. The Kier molecular flexibility index (Phi) is 6.03. The van der Waals surface area contributed by atoms with Crippen LogP contribution in [0.15, 0.2) is 29.4 Å². The van der Waals surface area contributed by atoms with Crippen molar-refractivity contribution in [3.05, 3.63) is 29.8 Å². The molecule has 1 amide bonds. The van der Waals surface area contributed by atoms with Crippen LogP contribution in [0.4, 0.5) is 5.69 Å². The number of amides is 1. The molecule has 0 aromatic heterocycles. The average Bonchev–Trinajstić information content (AvgIpc) is 2.40.